The maximum Gasteiger partial charge on any atom is 0.255 e. The molecule has 3 aliphatic rings. The van der Waals surface area contributed by atoms with Gasteiger partial charge >= 0.3 is 0 Å². The van der Waals surface area contributed by atoms with Crippen LogP contribution >= 0.6 is 0 Å². The number of aryl methyl sites for hydroxylation is 1. The van der Waals surface area contributed by atoms with Gasteiger partial charge in [-0.15, -0.1) is 0 Å². The standard InChI is InChI=1S/C29H32N4O4/c1-20-5-2-6-21(17-20)29(19-30)11-14-32(15-12-29)13-4-16-37-25-8-3-7-22-23(25)18-33(28(22)36)24-9-10-26(34)31-27(24)35/h2-3,5-8,17,24H,4,9-16,18H2,1H3,(H,31,34,35). The maximum absolute atomic E-state index is 13.0. The van der Waals surface area contributed by atoms with E-state index in [-0.39, 0.29) is 18.2 Å². The second kappa shape index (κ2) is 10.3. The van der Waals surface area contributed by atoms with Crippen LogP contribution in [0.4, 0.5) is 0 Å². The second-order valence-electron chi connectivity index (χ2n) is 10.3. The molecule has 2 saturated heterocycles. The van der Waals surface area contributed by atoms with E-state index in [1.54, 1.807) is 17.0 Å². The quantitative estimate of drug-likeness (QED) is 0.463. The summed E-state index contributed by atoms with van der Waals surface area (Å²) < 4.78 is 6.10. The molecule has 5 rings (SSSR count). The molecule has 3 amide bonds. The van der Waals surface area contributed by atoms with Crippen LogP contribution in [0.25, 0.3) is 0 Å². The molecule has 0 saturated carbocycles. The van der Waals surface area contributed by atoms with Gasteiger partial charge in [-0.3, -0.25) is 19.7 Å². The average molecular weight is 501 g/mol. The van der Waals surface area contributed by atoms with Crippen LogP contribution in [0.1, 0.15) is 59.2 Å². The van der Waals surface area contributed by atoms with Crippen molar-refractivity contribution in [2.75, 3.05) is 26.2 Å². The van der Waals surface area contributed by atoms with E-state index in [0.29, 0.717) is 30.9 Å². The Hall–Kier alpha value is -3.70. The van der Waals surface area contributed by atoms with Gasteiger partial charge < -0.3 is 14.5 Å². The molecule has 37 heavy (non-hydrogen) atoms. The zero-order valence-corrected chi connectivity index (χ0v) is 21.2. The van der Waals surface area contributed by atoms with E-state index in [4.69, 9.17) is 4.74 Å². The number of hydrogen-bond donors (Lipinski definition) is 1. The molecule has 8 heteroatoms. The van der Waals surface area contributed by atoms with E-state index in [0.717, 1.165) is 50.0 Å². The molecule has 2 aromatic carbocycles. The molecule has 1 N–H and O–H groups in total. The van der Waals surface area contributed by atoms with Crippen molar-refractivity contribution < 1.29 is 19.1 Å². The van der Waals surface area contributed by atoms with E-state index in [1.807, 2.05) is 12.1 Å². The molecule has 0 aromatic heterocycles. The first-order chi connectivity index (χ1) is 17.9. The normalized spacial score (nSPS) is 21.4. The minimum absolute atomic E-state index is 0.196. The van der Waals surface area contributed by atoms with Gasteiger partial charge in [0.1, 0.15) is 11.8 Å². The minimum Gasteiger partial charge on any atom is -0.493 e. The number of nitrogens with one attached hydrogen (secondary N) is 1. The van der Waals surface area contributed by atoms with Crippen molar-refractivity contribution in [3.8, 4) is 11.8 Å². The predicted octanol–water partition coefficient (Wildman–Crippen LogP) is 3.08. The van der Waals surface area contributed by atoms with Crippen LogP contribution in [0.15, 0.2) is 42.5 Å². The lowest BCUT2D eigenvalue weighted by atomic mass is 9.73. The number of rotatable bonds is 7. The number of piperidine rings is 2. The molecule has 0 aliphatic carbocycles. The molecule has 2 fully saturated rings. The fraction of sp³-hybridized carbons (Fsp3) is 0.448. The number of likely N-dealkylation sites (tertiary alicyclic amines) is 1. The predicted molar refractivity (Wildman–Crippen MR) is 137 cm³/mol. The van der Waals surface area contributed by atoms with Crippen molar-refractivity contribution in [2.24, 2.45) is 0 Å². The summed E-state index contributed by atoms with van der Waals surface area (Å²) in [5.41, 5.74) is 3.25. The molecule has 0 bridgehead atoms. The van der Waals surface area contributed by atoms with Gasteiger partial charge in [-0.1, -0.05) is 35.9 Å². The number of ether oxygens (including phenoxy) is 1. The Morgan fingerprint density at radius 3 is 2.65 bits per heavy atom. The van der Waals surface area contributed by atoms with Crippen molar-refractivity contribution in [2.45, 2.75) is 57.0 Å². The molecule has 8 nitrogen and oxygen atoms in total. The van der Waals surface area contributed by atoms with Gasteiger partial charge in [-0.2, -0.15) is 5.26 Å². The summed E-state index contributed by atoms with van der Waals surface area (Å²) in [6, 6.07) is 15.7. The third-order valence-corrected chi connectivity index (χ3v) is 7.91. The summed E-state index contributed by atoms with van der Waals surface area (Å²) in [6.07, 6.45) is 3.04. The Morgan fingerprint density at radius 1 is 1.14 bits per heavy atom. The summed E-state index contributed by atoms with van der Waals surface area (Å²) in [7, 11) is 0. The van der Waals surface area contributed by atoms with Crippen molar-refractivity contribution in [1.82, 2.24) is 15.1 Å². The lowest BCUT2D eigenvalue weighted by molar-refractivity contribution is -0.136. The number of hydrogen-bond acceptors (Lipinski definition) is 6. The third-order valence-electron chi connectivity index (χ3n) is 7.91. The molecule has 1 atom stereocenters. The molecule has 0 radical (unpaired) electrons. The van der Waals surface area contributed by atoms with Gasteiger partial charge in [0.05, 0.1) is 24.6 Å². The summed E-state index contributed by atoms with van der Waals surface area (Å²) in [4.78, 5) is 40.7. The average Bonchev–Trinajstić information content (AvgIpc) is 3.24. The number of benzene rings is 2. The molecule has 0 spiro atoms. The maximum atomic E-state index is 13.0. The van der Waals surface area contributed by atoms with Crippen LogP contribution < -0.4 is 10.1 Å². The molecular weight excluding hydrogens is 468 g/mol. The van der Waals surface area contributed by atoms with Crippen LogP contribution in [-0.4, -0.2) is 59.8 Å². The van der Waals surface area contributed by atoms with Gasteiger partial charge in [0, 0.05) is 24.1 Å². The van der Waals surface area contributed by atoms with E-state index in [1.165, 1.54) is 5.56 Å². The van der Waals surface area contributed by atoms with Gasteiger partial charge in [0.2, 0.25) is 11.8 Å². The fourth-order valence-electron chi connectivity index (χ4n) is 5.73. The number of nitrogens with zero attached hydrogens (tertiary/aromatic N) is 3. The molecular formula is C29H32N4O4. The lowest BCUT2D eigenvalue weighted by Gasteiger charge is -2.37. The molecule has 1 unspecified atom stereocenters. The van der Waals surface area contributed by atoms with Crippen LogP contribution in [-0.2, 0) is 21.5 Å². The zero-order chi connectivity index (χ0) is 26.0. The third kappa shape index (κ3) is 4.96. The van der Waals surface area contributed by atoms with Crippen molar-refractivity contribution >= 4 is 17.7 Å². The summed E-state index contributed by atoms with van der Waals surface area (Å²) in [5.74, 6) is -0.235. The van der Waals surface area contributed by atoms with Crippen LogP contribution in [0.2, 0.25) is 0 Å². The molecule has 192 valence electrons. The molecule has 2 aromatic rings. The number of fused-ring (bicyclic) bond motifs is 1. The van der Waals surface area contributed by atoms with Gasteiger partial charge in [-0.05, 0) is 63.4 Å². The minimum atomic E-state index is -0.634. The number of carbonyl (C=O) groups excluding carboxylic acids is 3. The Balaban J connectivity index is 1.13. The Bertz CT molecular complexity index is 1260. The van der Waals surface area contributed by atoms with Gasteiger partial charge in [0.25, 0.3) is 5.91 Å². The smallest absolute Gasteiger partial charge is 0.255 e. The monoisotopic (exact) mass is 500 g/mol. The Labute approximate surface area is 217 Å². The van der Waals surface area contributed by atoms with E-state index in [2.05, 4.69) is 41.4 Å². The van der Waals surface area contributed by atoms with E-state index >= 15 is 0 Å². The first kappa shape index (κ1) is 25.0. The first-order valence-corrected chi connectivity index (χ1v) is 13.0. The van der Waals surface area contributed by atoms with Crippen LogP contribution in [0.5, 0.6) is 5.75 Å². The number of nitriles is 1. The largest absolute Gasteiger partial charge is 0.493 e. The highest BCUT2D eigenvalue weighted by molar-refractivity contribution is 6.05. The SMILES string of the molecule is Cc1cccc(C2(C#N)CCN(CCCOc3cccc4c3CN(C3CCC(=O)NC3=O)C4=O)CC2)c1. The topological polar surface area (TPSA) is 103 Å². The number of amides is 3. The Morgan fingerprint density at radius 2 is 1.92 bits per heavy atom. The molecule has 3 heterocycles. The highest BCUT2D eigenvalue weighted by Crippen LogP contribution is 2.36. The number of carbonyl (C=O) groups is 3. The van der Waals surface area contributed by atoms with E-state index in [9.17, 15) is 19.6 Å². The first-order valence-electron chi connectivity index (χ1n) is 13.0. The van der Waals surface area contributed by atoms with Crippen molar-refractivity contribution in [3.05, 3.63) is 64.7 Å². The highest BCUT2D eigenvalue weighted by Gasteiger charge is 2.40. The lowest BCUT2D eigenvalue weighted by Crippen LogP contribution is -2.52. The van der Waals surface area contributed by atoms with Gasteiger partial charge in [0.15, 0.2) is 0 Å². The Kier molecular flexibility index (Phi) is 6.98. The summed E-state index contributed by atoms with van der Waals surface area (Å²) in [5, 5.41) is 12.3. The molecule has 3 aliphatic heterocycles. The van der Waals surface area contributed by atoms with Crippen LogP contribution in [0, 0.1) is 18.3 Å². The summed E-state index contributed by atoms with van der Waals surface area (Å²) >= 11 is 0. The fourth-order valence-corrected chi connectivity index (χ4v) is 5.73. The second-order valence-corrected chi connectivity index (χ2v) is 10.3. The summed E-state index contributed by atoms with van der Waals surface area (Å²) in [6.45, 7) is 5.51. The van der Waals surface area contributed by atoms with Crippen LogP contribution in [0.3, 0.4) is 0 Å². The number of imide groups is 1. The van der Waals surface area contributed by atoms with Crippen molar-refractivity contribution in [3.63, 3.8) is 0 Å². The highest BCUT2D eigenvalue weighted by atomic mass is 16.5. The van der Waals surface area contributed by atoms with Gasteiger partial charge in [-0.25, -0.2) is 0 Å². The van der Waals surface area contributed by atoms with E-state index < -0.39 is 17.4 Å². The zero-order valence-electron chi connectivity index (χ0n) is 21.2. The van der Waals surface area contributed by atoms with Crippen molar-refractivity contribution in [1.29, 1.82) is 5.26 Å².